The molecule has 1 amide bonds. The molecular formula is C16H20ClN5OS. The maximum absolute atomic E-state index is 12.2. The second kappa shape index (κ2) is 8.00. The molecule has 128 valence electrons. The van der Waals surface area contributed by atoms with E-state index >= 15 is 0 Å². The fourth-order valence-electron chi connectivity index (χ4n) is 2.63. The van der Waals surface area contributed by atoms with E-state index in [0.717, 1.165) is 36.7 Å². The lowest BCUT2D eigenvalue weighted by Crippen LogP contribution is -2.27. The van der Waals surface area contributed by atoms with Crippen LogP contribution in [0.5, 0.6) is 0 Å². The molecule has 6 nitrogen and oxygen atoms in total. The molecule has 0 aliphatic carbocycles. The molecule has 1 fully saturated rings. The highest BCUT2D eigenvalue weighted by Crippen LogP contribution is 2.27. The molecule has 2 heterocycles. The van der Waals surface area contributed by atoms with Crippen LogP contribution in [0.1, 0.15) is 24.6 Å². The number of anilines is 1. The number of piperidine rings is 1. The normalized spacial score (nSPS) is 15.4. The molecule has 3 rings (SSSR count). The van der Waals surface area contributed by atoms with Crippen LogP contribution in [-0.2, 0) is 11.8 Å². The Labute approximate surface area is 150 Å². The Morgan fingerprint density at radius 2 is 2.17 bits per heavy atom. The average molecular weight is 366 g/mol. The Kier molecular flexibility index (Phi) is 5.76. The number of carbonyl (C=O) groups excluding carboxylic acids is 1. The van der Waals surface area contributed by atoms with Crippen LogP contribution in [0.2, 0.25) is 5.02 Å². The first kappa shape index (κ1) is 17.3. The third-order valence-corrected chi connectivity index (χ3v) is 5.45. The molecule has 0 saturated carbocycles. The summed E-state index contributed by atoms with van der Waals surface area (Å²) in [4.78, 5) is 17.6. The van der Waals surface area contributed by atoms with Gasteiger partial charge in [0.2, 0.25) is 11.9 Å². The summed E-state index contributed by atoms with van der Waals surface area (Å²) in [7, 11) is 1.80. The van der Waals surface area contributed by atoms with Gasteiger partial charge in [-0.05, 0) is 38.1 Å². The van der Waals surface area contributed by atoms with Crippen molar-refractivity contribution in [2.75, 3.05) is 24.2 Å². The fraction of sp³-hybridized carbons (Fsp3) is 0.438. The molecule has 2 aromatic rings. The molecule has 24 heavy (non-hydrogen) atoms. The van der Waals surface area contributed by atoms with Crippen LogP contribution in [0.3, 0.4) is 0 Å². The van der Waals surface area contributed by atoms with Crippen molar-refractivity contribution < 1.29 is 4.79 Å². The van der Waals surface area contributed by atoms with E-state index in [1.807, 2.05) is 24.3 Å². The molecular weight excluding hydrogens is 346 g/mol. The number of aryl methyl sites for hydroxylation is 1. The van der Waals surface area contributed by atoms with E-state index in [1.165, 1.54) is 11.8 Å². The van der Waals surface area contributed by atoms with Crippen LogP contribution in [-0.4, -0.2) is 39.5 Å². The van der Waals surface area contributed by atoms with Crippen LogP contribution in [0, 0.1) is 0 Å². The number of aromatic nitrogens is 3. The predicted octanol–water partition coefficient (Wildman–Crippen LogP) is 2.67. The number of nitrogens with zero attached hydrogens (tertiary/aromatic N) is 3. The van der Waals surface area contributed by atoms with Gasteiger partial charge in [-0.25, -0.2) is 4.68 Å². The van der Waals surface area contributed by atoms with Gasteiger partial charge in [0.25, 0.3) is 0 Å². The van der Waals surface area contributed by atoms with Crippen molar-refractivity contribution in [3.63, 3.8) is 0 Å². The number of hydrogen-bond acceptors (Lipinski definition) is 5. The predicted molar refractivity (Wildman–Crippen MR) is 96.7 cm³/mol. The lowest BCUT2D eigenvalue weighted by molar-refractivity contribution is -0.113. The molecule has 1 aromatic heterocycles. The summed E-state index contributed by atoms with van der Waals surface area (Å²) in [5.74, 6) is 1.83. The van der Waals surface area contributed by atoms with E-state index in [0.29, 0.717) is 16.9 Å². The van der Waals surface area contributed by atoms with Crippen molar-refractivity contribution in [1.29, 1.82) is 0 Å². The lowest BCUT2D eigenvalue weighted by atomic mass is 9.98. The summed E-state index contributed by atoms with van der Waals surface area (Å²) >= 11 is 7.50. The van der Waals surface area contributed by atoms with Gasteiger partial charge in [-0.1, -0.05) is 23.7 Å². The van der Waals surface area contributed by atoms with Crippen LogP contribution >= 0.6 is 23.4 Å². The van der Waals surface area contributed by atoms with Crippen molar-refractivity contribution in [2.45, 2.75) is 23.7 Å². The van der Waals surface area contributed by atoms with E-state index in [1.54, 1.807) is 11.7 Å². The SMILES string of the molecule is Cn1nc(C2CCNCC2)nc1NC(=O)CSc1ccccc1Cl. The van der Waals surface area contributed by atoms with Gasteiger partial charge in [-0.2, -0.15) is 10.1 Å². The van der Waals surface area contributed by atoms with E-state index in [2.05, 4.69) is 20.7 Å². The van der Waals surface area contributed by atoms with Gasteiger partial charge in [-0.3, -0.25) is 10.1 Å². The fourth-order valence-corrected chi connectivity index (χ4v) is 3.67. The summed E-state index contributed by atoms with van der Waals surface area (Å²) in [6.07, 6.45) is 2.06. The Balaban J connectivity index is 1.58. The van der Waals surface area contributed by atoms with Gasteiger partial charge < -0.3 is 5.32 Å². The Hall–Kier alpha value is -1.57. The van der Waals surface area contributed by atoms with E-state index < -0.39 is 0 Å². The van der Waals surface area contributed by atoms with Gasteiger partial charge in [0, 0.05) is 17.9 Å². The highest BCUT2D eigenvalue weighted by molar-refractivity contribution is 8.00. The zero-order chi connectivity index (χ0) is 16.9. The molecule has 0 radical (unpaired) electrons. The van der Waals surface area contributed by atoms with Crippen molar-refractivity contribution >= 4 is 35.2 Å². The first-order valence-corrected chi connectivity index (χ1v) is 9.28. The smallest absolute Gasteiger partial charge is 0.237 e. The maximum Gasteiger partial charge on any atom is 0.237 e. The quantitative estimate of drug-likeness (QED) is 0.797. The van der Waals surface area contributed by atoms with Crippen molar-refractivity contribution in [3.8, 4) is 0 Å². The molecule has 1 aromatic carbocycles. The summed E-state index contributed by atoms with van der Waals surface area (Å²) < 4.78 is 1.63. The minimum Gasteiger partial charge on any atom is -0.317 e. The number of benzene rings is 1. The number of rotatable bonds is 5. The third kappa shape index (κ3) is 4.28. The number of hydrogen-bond donors (Lipinski definition) is 2. The summed E-state index contributed by atoms with van der Waals surface area (Å²) in [6.45, 7) is 1.97. The summed E-state index contributed by atoms with van der Waals surface area (Å²) in [5, 5.41) is 11.3. The molecule has 8 heteroatoms. The van der Waals surface area contributed by atoms with E-state index in [4.69, 9.17) is 11.6 Å². The first-order valence-electron chi connectivity index (χ1n) is 7.92. The summed E-state index contributed by atoms with van der Waals surface area (Å²) in [5.41, 5.74) is 0. The van der Waals surface area contributed by atoms with Crippen LogP contribution in [0.15, 0.2) is 29.2 Å². The number of amides is 1. The minimum absolute atomic E-state index is 0.118. The Morgan fingerprint density at radius 1 is 1.42 bits per heavy atom. The van der Waals surface area contributed by atoms with Crippen molar-refractivity contribution in [1.82, 2.24) is 20.1 Å². The van der Waals surface area contributed by atoms with E-state index in [9.17, 15) is 4.79 Å². The molecule has 2 N–H and O–H groups in total. The summed E-state index contributed by atoms with van der Waals surface area (Å²) in [6, 6.07) is 7.49. The van der Waals surface area contributed by atoms with Crippen molar-refractivity contribution in [3.05, 3.63) is 35.1 Å². The van der Waals surface area contributed by atoms with Crippen LogP contribution in [0.4, 0.5) is 5.95 Å². The first-order chi connectivity index (χ1) is 11.6. The third-order valence-electron chi connectivity index (χ3n) is 3.93. The maximum atomic E-state index is 12.2. The minimum atomic E-state index is -0.118. The number of carbonyl (C=O) groups is 1. The van der Waals surface area contributed by atoms with Gasteiger partial charge in [-0.15, -0.1) is 11.8 Å². The number of thioether (sulfide) groups is 1. The monoisotopic (exact) mass is 365 g/mol. The molecule has 0 atom stereocenters. The van der Waals surface area contributed by atoms with Crippen LogP contribution in [0.25, 0.3) is 0 Å². The van der Waals surface area contributed by atoms with Gasteiger partial charge >= 0.3 is 0 Å². The topological polar surface area (TPSA) is 71.8 Å². The van der Waals surface area contributed by atoms with Gasteiger partial charge in [0.15, 0.2) is 5.82 Å². The molecule has 1 saturated heterocycles. The zero-order valence-corrected chi connectivity index (χ0v) is 15.0. The van der Waals surface area contributed by atoms with Gasteiger partial charge in [0.05, 0.1) is 10.8 Å². The number of halogens is 1. The highest BCUT2D eigenvalue weighted by atomic mass is 35.5. The van der Waals surface area contributed by atoms with Gasteiger partial charge in [0.1, 0.15) is 0 Å². The molecule has 1 aliphatic rings. The molecule has 1 aliphatic heterocycles. The average Bonchev–Trinajstić information content (AvgIpc) is 2.96. The molecule has 0 spiro atoms. The zero-order valence-electron chi connectivity index (χ0n) is 13.5. The second-order valence-electron chi connectivity index (χ2n) is 5.71. The van der Waals surface area contributed by atoms with Crippen LogP contribution < -0.4 is 10.6 Å². The van der Waals surface area contributed by atoms with Crippen molar-refractivity contribution in [2.24, 2.45) is 7.05 Å². The molecule has 0 unspecified atom stereocenters. The largest absolute Gasteiger partial charge is 0.317 e. The standard InChI is InChI=1S/C16H20ClN5OS/c1-22-16(20-15(21-22)11-6-8-18-9-7-11)19-14(23)10-24-13-5-3-2-4-12(13)17/h2-5,11,18H,6-10H2,1H3,(H,19,20,21,23). The highest BCUT2D eigenvalue weighted by Gasteiger charge is 2.21. The van der Waals surface area contributed by atoms with E-state index in [-0.39, 0.29) is 11.7 Å². The Morgan fingerprint density at radius 3 is 2.92 bits per heavy atom. The molecule has 0 bridgehead atoms. The number of nitrogens with one attached hydrogen (secondary N) is 2. The lowest BCUT2D eigenvalue weighted by Gasteiger charge is -2.19. The second-order valence-corrected chi connectivity index (χ2v) is 7.13. The Bertz CT molecular complexity index is 714.